The number of anilines is 1. The normalized spacial score (nSPS) is 20.3. The quantitative estimate of drug-likeness (QED) is 0.889. The number of aryl methyl sites for hydroxylation is 1. The number of ether oxygens (including phenoxy) is 1. The van der Waals surface area contributed by atoms with Gasteiger partial charge >= 0.3 is 0 Å². The molecule has 1 aliphatic rings. The standard InChI is InChI=1S/C15H24N2O/c1-11(2)14-10-16-7-8-17(14)13-9-12(3)5-6-15(13)18-4/h5-6,9,11,14,16H,7-8,10H2,1-4H3. The van der Waals surface area contributed by atoms with Gasteiger partial charge in [-0.1, -0.05) is 19.9 Å². The number of hydrogen-bond acceptors (Lipinski definition) is 3. The third kappa shape index (κ3) is 2.61. The van der Waals surface area contributed by atoms with Crippen LogP contribution in [0.25, 0.3) is 0 Å². The van der Waals surface area contributed by atoms with Gasteiger partial charge in [0.25, 0.3) is 0 Å². The minimum atomic E-state index is 0.537. The van der Waals surface area contributed by atoms with E-state index in [-0.39, 0.29) is 0 Å². The third-order valence-corrected chi connectivity index (χ3v) is 3.70. The zero-order valence-corrected chi connectivity index (χ0v) is 11.9. The fourth-order valence-corrected chi connectivity index (χ4v) is 2.64. The van der Waals surface area contributed by atoms with Crippen molar-refractivity contribution >= 4 is 5.69 Å². The number of rotatable bonds is 3. The first kappa shape index (κ1) is 13.2. The molecule has 0 bridgehead atoms. The lowest BCUT2D eigenvalue weighted by Crippen LogP contribution is -2.53. The summed E-state index contributed by atoms with van der Waals surface area (Å²) in [6.45, 7) is 9.84. The molecule has 0 spiro atoms. The van der Waals surface area contributed by atoms with Gasteiger partial charge in [-0.05, 0) is 30.5 Å². The fourth-order valence-electron chi connectivity index (χ4n) is 2.64. The Morgan fingerprint density at radius 1 is 1.39 bits per heavy atom. The van der Waals surface area contributed by atoms with Gasteiger partial charge in [0.05, 0.1) is 12.8 Å². The Morgan fingerprint density at radius 2 is 2.17 bits per heavy atom. The largest absolute Gasteiger partial charge is 0.495 e. The van der Waals surface area contributed by atoms with Gasteiger partial charge < -0.3 is 15.0 Å². The molecule has 18 heavy (non-hydrogen) atoms. The van der Waals surface area contributed by atoms with Crippen LogP contribution in [-0.2, 0) is 0 Å². The molecule has 2 rings (SSSR count). The molecule has 0 amide bonds. The molecular formula is C15H24N2O. The summed E-state index contributed by atoms with van der Waals surface area (Å²) >= 11 is 0. The van der Waals surface area contributed by atoms with Gasteiger partial charge in [-0.25, -0.2) is 0 Å². The number of benzene rings is 1. The summed E-state index contributed by atoms with van der Waals surface area (Å²) in [7, 11) is 1.75. The molecule has 1 aromatic carbocycles. The first-order valence-corrected chi connectivity index (χ1v) is 6.75. The molecule has 100 valence electrons. The van der Waals surface area contributed by atoms with Crippen LogP contribution in [0.2, 0.25) is 0 Å². The van der Waals surface area contributed by atoms with Crippen molar-refractivity contribution < 1.29 is 4.74 Å². The minimum Gasteiger partial charge on any atom is -0.495 e. The highest BCUT2D eigenvalue weighted by atomic mass is 16.5. The molecule has 1 fully saturated rings. The molecule has 0 radical (unpaired) electrons. The molecule has 3 nitrogen and oxygen atoms in total. The molecule has 0 aromatic heterocycles. The number of piperazine rings is 1. The molecule has 1 atom stereocenters. The van der Waals surface area contributed by atoms with Crippen LogP contribution in [-0.4, -0.2) is 32.8 Å². The third-order valence-electron chi connectivity index (χ3n) is 3.70. The predicted octanol–water partition coefficient (Wildman–Crippen LogP) is 2.44. The number of nitrogens with zero attached hydrogens (tertiary/aromatic N) is 1. The van der Waals surface area contributed by atoms with E-state index >= 15 is 0 Å². The van der Waals surface area contributed by atoms with Gasteiger partial charge in [0, 0.05) is 25.7 Å². The first-order chi connectivity index (χ1) is 8.63. The Bertz CT molecular complexity index is 403. The highest BCUT2D eigenvalue weighted by Crippen LogP contribution is 2.32. The van der Waals surface area contributed by atoms with Crippen molar-refractivity contribution in [1.29, 1.82) is 0 Å². The highest BCUT2D eigenvalue weighted by molar-refractivity contribution is 5.61. The minimum absolute atomic E-state index is 0.537. The second-order valence-corrected chi connectivity index (χ2v) is 5.38. The molecule has 1 saturated heterocycles. The SMILES string of the molecule is COc1ccc(C)cc1N1CCNCC1C(C)C. The molecule has 1 aromatic rings. The Hall–Kier alpha value is -1.22. The van der Waals surface area contributed by atoms with E-state index in [2.05, 4.69) is 49.2 Å². The maximum atomic E-state index is 5.52. The van der Waals surface area contributed by atoms with Crippen molar-refractivity contribution in [3.05, 3.63) is 23.8 Å². The molecule has 0 saturated carbocycles. The van der Waals surface area contributed by atoms with Gasteiger partial charge in [0.2, 0.25) is 0 Å². The lowest BCUT2D eigenvalue weighted by Gasteiger charge is -2.41. The van der Waals surface area contributed by atoms with Crippen LogP contribution in [0.4, 0.5) is 5.69 Å². The maximum Gasteiger partial charge on any atom is 0.142 e. The molecule has 3 heteroatoms. The molecule has 1 N–H and O–H groups in total. The topological polar surface area (TPSA) is 24.5 Å². The zero-order valence-electron chi connectivity index (χ0n) is 11.9. The summed E-state index contributed by atoms with van der Waals surface area (Å²) in [6.07, 6.45) is 0. The maximum absolute atomic E-state index is 5.52. The van der Waals surface area contributed by atoms with Crippen LogP contribution >= 0.6 is 0 Å². The second kappa shape index (κ2) is 5.61. The fraction of sp³-hybridized carbons (Fsp3) is 0.600. The molecule has 1 aliphatic heterocycles. The van der Waals surface area contributed by atoms with Crippen LogP contribution in [0.3, 0.4) is 0 Å². The van der Waals surface area contributed by atoms with E-state index in [4.69, 9.17) is 4.74 Å². The van der Waals surface area contributed by atoms with Gasteiger partial charge in [-0.15, -0.1) is 0 Å². The van der Waals surface area contributed by atoms with E-state index in [0.717, 1.165) is 25.4 Å². The van der Waals surface area contributed by atoms with Crippen LogP contribution in [0, 0.1) is 12.8 Å². The average molecular weight is 248 g/mol. The first-order valence-electron chi connectivity index (χ1n) is 6.75. The van der Waals surface area contributed by atoms with Crippen molar-refractivity contribution in [2.45, 2.75) is 26.8 Å². The molecule has 0 aliphatic carbocycles. The summed E-state index contributed by atoms with van der Waals surface area (Å²) in [5.41, 5.74) is 2.52. The molecule has 1 heterocycles. The number of hydrogen-bond donors (Lipinski definition) is 1. The summed E-state index contributed by atoms with van der Waals surface area (Å²) in [5.74, 6) is 1.61. The smallest absolute Gasteiger partial charge is 0.142 e. The summed E-state index contributed by atoms with van der Waals surface area (Å²) in [5, 5.41) is 3.49. The lowest BCUT2D eigenvalue weighted by molar-refractivity contribution is 0.377. The Labute approximate surface area is 110 Å². The van der Waals surface area contributed by atoms with Crippen LogP contribution in [0.5, 0.6) is 5.75 Å². The second-order valence-electron chi connectivity index (χ2n) is 5.38. The van der Waals surface area contributed by atoms with Crippen molar-refractivity contribution in [1.82, 2.24) is 5.32 Å². The van der Waals surface area contributed by atoms with Crippen molar-refractivity contribution in [2.75, 3.05) is 31.6 Å². The molecule has 1 unspecified atom stereocenters. The lowest BCUT2D eigenvalue weighted by atomic mass is 9.99. The van der Waals surface area contributed by atoms with Crippen LogP contribution < -0.4 is 15.0 Å². The summed E-state index contributed by atoms with van der Waals surface area (Å²) in [6, 6.07) is 6.95. The summed E-state index contributed by atoms with van der Waals surface area (Å²) in [4.78, 5) is 2.49. The Morgan fingerprint density at radius 3 is 2.83 bits per heavy atom. The van der Waals surface area contributed by atoms with E-state index in [1.807, 2.05) is 0 Å². The van der Waals surface area contributed by atoms with E-state index in [1.165, 1.54) is 11.3 Å². The van der Waals surface area contributed by atoms with E-state index < -0.39 is 0 Å². The van der Waals surface area contributed by atoms with Crippen molar-refractivity contribution in [3.8, 4) is 5.75 Å². The Kier molecular flexibility index (Phi) is 4.12. The van der Waals surface area contributed by atoms with Crippen LogP contribution in [0.1, 0.15) is 19.4 Å². The average Bonchev–Trinajstić information content (AvgIpc) is 2.38. The van der Waals surface area contributed by atoms with E-state index in [0.29, 0.717) is 12.0 Å². The van der Waals surface area contributed by atoms with Gasteiger partial charge in [0.1, 0.15) is 5.75 Å². The van der Waals surface area contributed by atoms with Crippen molar-refractivity contribution in [2.24, 2.45) is 5.92 Å². The number of nitrogens with one attached hydrogen (secondary N) is 1. The van der Waals surface area contributed by atoms with Gasteiger partial charge in [0.15, 0.2) is 0 Å². The number of methoxy groups -OCH3 is 1. The van der Waals surface area contributed by atoms with Crippen molar-refractivity contribution in [3.63, 3.8) is 0 Å². The molecular weight excluding hydrogens is 224 g/mol. The van der Waals surface area contributed by atoms with Crippen LogP contribution in [0.15, 0.2) is 18.2 Å². The summed E-state index contributed by atoms with van der Waals surface area (Å²) < 4.78 is 5.52. The Balaban J connectivity index is 2.35. The zero-order chi connectivity index (χ0) is 13.1. The van der Waals surface area contributed by atoms with E-state index in [1.54, 1.807) is 7.11 Å². The highest BCUT2D eigenvalue weighted by Gasteiger charge is 2.26. The van der Waals surface area contributed by atoms with E-state index in [9.17, 15) is 0 Å². The van der Waals surface area contributed by atoms with Gasteiger partial charge in [-0.2, -0.15) is 0 Å². The predicted molar refractivity (Wildman–Crippen MR) is 76.6 cm³/mol. The monoisotopic (exact) mass is 248 g/mol. The van der Waals surface area contributed by atoms with Gasteiger partial charge in [-0.3, -0.25) is 0 Å².